The van der Waals surface area contributed by atoms with Gasteiger partial charge in [0.25, 0.3) is 0 Å². The van der Waals surface area contributed by atoms with E-state index in [0.717, 1.165) is 37.6 Å². The van der Waals surface area contributed by atoms with Gasteiger partial charge in [0.15, 0.2) is 0 Å². The maximum Gasteiger partial charge on any atom is 0.0637 e. The van der Waals surface area contributed by atoms with Crippen LogP contribution >= 0.6 is 0 Å². The molecule has 0 unspecified atom stereocenters. The van der Waals surface area contributed by atoms with E-state index in [1.807, 2.05) is 12.4 Å². The Balaban J connectivity index is 2.78. The Morgan fingerprint density at radius 2 is 2.17 bits per heavy atom. The first-order valence-corrected chi connectivity index (χ1v) is 6.60. The van der Waals surface area contributed by atoms with Crippen LogP contribution in [0.15, 0.2) is 18.5 Å². The third-order valence-corrected chi connectivity index (χ3v) is 2.62. The first kappa shape index (κ1) is 14.8. The second-order valence-electron chi connectivity index (χ2n) is 4.79. The zero-order valence-corrected chi connectivity index (χ0v) is 11.9. The molecule has 0 atom stereocenters. The highest BCUT2D eigenvalue weighted by atomic mass is 16.5. The molecule has 1 aromatic heterocycles. The topological polar surface area (TPSA) is 37.4 Å². The lowest BCUT2D eigenvalue weighted by Crippen LogP contribution is -2.31. The Bertz CT molecular complexity index is 342. The largest absolute Gasteiger partial charge is 0.384 e. The predicted octanol–water partition coefficient (Wildman–Crippen LogP) is 2.62. The van der Waals surface area contributed by atoms with Crippen molar-refractivity contribution in [2.24, 2.45) is 5.92 Å². The first-order chi connectivity index (χ1) is 8.67. The van der Waals surface area contributed by atoms with Crippen LogP contribution in [0.5, 0.6) is 0 Å². The minimum atomic E-state index is 0.615. The fourth-order valence-electron chi connectivity index (χ4n) is 1.87. The normalized spacial score (nSPS) is 10.7. The quantitative estimate of drug-likeness (QED) is 0.770. The van der Waals surface area contributed by atoms with Crippen LogP contribution in [0.4, 0.5) is 11.4 Å². The van der Waals surface area contributed by atoms with E-state index in [1.54, 1.807) is 7.11 Å². The number of ether oxygens (including phenoxy) is 1. The van der Waals surface area contributed by atoms with Crippen molar-refractivity contribution in [1.82, 2.24) is 4.98 Å². The van der Waals surface area contributed by atoms with E-state index in [9.17, 15) is 0 Å². The van der Waals surface area contributed by atoms with E-state index < -0.39 is 0 Å². The summed E-state index contributed by atoms with van der Waals surface area (Å²) in [5.41, 5.74) is 2.22. The van der Waals surface area contributed by atoms with E-state index in [1.165, 1.54) is 0 Å². The molecule has 1 heterocycles. The summed E-state index contributed by atoms with van der Waals surface area (Å²) in [5, 5.41) is 3.29. The van der Waals surface area contributed by atoms with Crippen molar-refractivity contribution in [3.8, 4) is 0 Å². The Hall–Kier alpha value is -1.29. The van der Waals surface area contributed by atoms with Gasteiger partial charge in [0.1, 0.15) is 0 Å². The number of nitrogens with one attached hydrogen (secondary N) is 1. The van der Waals surface area contributed by atoms with Crippen molar-refractivity contribution in [3.63, 3.8) is 0 Å². The average molecular weight is 251 g/mol. The highest BCUT2D eigenvalue weighted by molar-refractivity contribution is 5.55. The third kappa shape index (κ3) is 4.92. The van der Waals surface area contributed by atoms with Gasteiger partial charge in [-0.1, -0.05) is 13.8 Å². The van der Waals surface area contributed by atoms with Crippen LogP contribution in [0.2, 0.25) is 0 Å². The molecule has 1 aromatic rings. The van der Waals surface area contributed by atoms with Crippen molar-refractivity contribution in [2.75, 3.05) is 43.6 Å². The Labute approximate surface area is 110 Å². The molecule has 0 spiro atoms. The number of methoxy groups -OCH3 is 1. The smallest absolute Gasteiger partial charge is 0.0637 e. The fourth-order valence-corrected chi connectivity index (χ4v) is 1.87. The van der Waals surface area contributed by atoms with E-state index in [4.69, 9.17) is 4.74 Å². The second kappa shape index (κ2) is 7.93. The molecule has 1 rings (SSSR count). The Morgan fingerprint density at radius 1 is 1.39 bits per heavy atom. The number of pyridine rings is 1. The van der Waals surface area contributed by atoms with Gasteiger partial charge in [0.2, 0.25) is 0 Å². The summed E-state index contributed by atoms with van der Waals surface area (Å²) in [6.45, 7) is 10.1. The van der Waals surface area contributed by atoms with Gasteiger partial charge in [-0.2, -0.15) is 0 Å². The van der Waals surface area contributed by atoms with Crippen molar-refractivity contribution in [3.05, 3.63) is 18.5 Å². The minimum absolute atomic E-state index is 0.615. The summed E-state index contributed by atoms with van der Waals surface area (Å²) in [4.78, 5) is 6.62. The van der Waals surface area contributed by atoms with Gasteiger partial charge >= 0.3 is 0 Å². The fraction of sp³-hybridized carbons (Fsp3) is 0.643. The number of aromatic nitrogens is 1. The maximum absolute atomic E-state index is 5.18. The summed E-state index contributed by atoms with van der Waals surface area (Å²) in [6.07, 6.45) is 3.77. The maximum atomic E-state index is 5.18. The summed E-state index contributed by atoms with van der Waals surface area (Å²) in [6, 6.07) is 2.15. The zero-order chi connectivity index (χ0) is 13.4. The van der Waals surface area contributed by atoms with Gasteiger partial charge in [0, 0.05) is 26.7 Å². The van der Waals surface area contributed by atoms with Crippen LogP contribution in [0, 0.1) is 5.92 Å². The number of hydrogen-bond donors (Lipinski definition) is 1. The summed E-state index contributed by atoms with van der Waals surface area (Å²) >= 11 is 0. The van der Waals surface area contributed by atoms with Gasteiger partial charge in [-0.15, -0.1) is 0 Å². The second-order valence-corrected chi connectivity index (χ2v) is 4.79. The SMILES string of the molecule is CCNc1cncc(N(CCOC)CC(C)C)c1. The Kier molecular flexibility index (Phi) is 6.50. The summed E-state index contributed by atoms with van der Waals surface area (Å²) in [5.74, 6) is 0.615. The number of nitrogens with zero attached hydrogens (tertiary/aromatic N) is 2. The van der Waals surface area contributed by atoms with Crippen molar-refractivity contribution in [2.45, 2.75) is 20.8 Å². The average Bonchev–Trinajstić information content (AvgIpc) is 2.35. The molecule has 0 bridgehead atoms. The monoisotopic (exact) mass is 251 g/mol. The molecule has 0 fully saturated rings. The van der Waals surface area contributed by atoms with Gasteiger partial charge < -0.3 is 15.0 Å². The molecule has 4 heteroatoms. The summed E-state index contributed by atoms with van der Waals surface area (Å²) < 4.78 is 5.18. The van der Waals surface area contributed by atoms with Crippen molar-refractivity contribution < 1.29 is 4.74 Å². The minimum Gasteiger partial charge on any atom is -0.384 e. The number of hydrogen-bond acceptors (Lipinski definition) is 4. The molecule has 0 aromatic carbocycles. The number of rotatable bonds is 8. The van der Waals surface area contributed by atoms with Crippen LogP contribution in [0.25, 0.3) is 0 Å². The van der Waals surface area contributed by atoms with Crippen LogP contribution in [0.1, 0.15) is 20.8 Å². The number of anilines is 2. The molecular formula is C14H25N3O. The Morgan fingerprint density at radius 3 is 2.78 bits per heavy atom. The van der Waals surface area contributed by atoms with Crippen LogP contribution in [-0.4, -0.2) is 38.3 Å². The molecule has 0 amide bonds. The molecule has 0 saturated carbocycles. The predicted molar refractivity (Wildman–Crippen MR) is 77.3 cm³/mol. The lowest BCUT2D eigenvalue weighted by atomic mass is 10.2. The molecule has 1 N–H and O–H groups in total. The standard InChI is InChI=1S/C14H25N3O/c1-5-16-13-8-14(10-15-9-13)17(6-7-18-4)11-12(2)3/h8-10,12,16H,5-7,11H2,1-4H3. The van der Waals surface area contributed by atoms with Gasteiger partial charge in [0.05, 0.1) is 30.4 Å². The van der Waals surface area contributed by atoms with Gasteiger partial charge in [-0.05, 0) is 18.9 Å². The van der Waals surface area contributed by atoms with E-state index in [-0.39, 0.29) is 0 Å². The molecule has 0 aliphatic rings. The van der Waals surface area contributed by atoms with Gasteiger partial charge in [-0.3, -0.25) is 4.98 Å². The molecule has 0 aliphatic heterocycles. The highest BCUT2D eigenvalue weighted by Crippen LogP contribution is 2.18. The molecular weight excluding hydrogens is 226 g/mol. The summed E-state index contributed by atoms with van der Waals surface area (Å²) in [7, 11) is 1.74. The van der Waals surface area contributed by atoms with E-state index in [0.29, 0.717) is 5.92 Å². The van der Waals surface area contributed by atoms with Crippen molar-refractivity contribution in [1.29, 1.82) is 0 Å². The molecule has 18 heavy (non-hydrogen) atoms. The molecule has 4 nitrogen and oxygen atoms in total. The third-order valence-electron chi connectivity index (χ3n) is 2.62. The van der Waals surface area contributed by atoms with Crippen LogP contribution in [0.3, 0.4) is 0 Å². The first-order valence-electron chi connectivity index (χ1n) is 6.60. The highest BCUT2D eigenvalue weighted by Gasteiger charge is 2.09. The van der Waals surface area contributed by atoms with Crippen LogP contribution in [-0.2, 0) is 4.74 Å². The zero-order valence-electron chi connectivity index (χ0n) is 11.9. The molecule has 0 saturated heterocycles. The molecule has 0 aliphatic carbocycles. The van der Waals surface area contributed by atoms with E-state index >= 15 is 0 Å². The lowest BCUT2D eigenvalue weighted by Gasteiger charge is -2.26. The van der Waals surface area contributed by atoms with Crippen LogP contribution < -0.4 is 10.2 Å². The van der Waals surface area contributed by atoms with Gasteiger partial charge in [-0.25, -0.2) is 0 Å². The molecule has 0 radical (unpaired) electrons. The lowest BCUT2D eigenvalue weighted by molar-refractivity contribution is 0.204. The van der Waals surface area contributed by atoms with E-state index in [2.05, 4.69) is 42.0 Å². The van der Waals surface area contributed by atoms with Crippen molar-refractivity contribution >= 4 is 11.4 Å². The molecule has 102 valence electrons.